The van der Waals surface area contributed by atoms with Crippen LogP contribution in [0, 0.1) is 11.6 Å². The Balaban J connectivity index is 2.79. The molecule has 0 bridgehead atoms. The first-order valence-corrected chi connectivity index (χ1v) is 5.02. The van der Waals surface area contributed by atoms with Gasteiger partial charge >= 0.3 is 6.18 Å². The van der Waals surface area contributed by atoms with Gasteiger partial charge in [0, 0.05) is 18.5 Å². The van der Waals surface area contributed by atoms with E-state index < -0.39 is 30.3 Å². The Morgan fingerprint density at radius 2 is 1.65 bits per heavy atom. The molecule has 6 heteroatoms. The van der Waals surface area contributed by atoms with Gasteiger partial charge in [-0.2, -0.15) is 13.2 Å². The average molecular weight is 253 g/mol. The molecular weight excluding hydrogens is 241 g/mol. The summed E-state index contributed by atoms with van der Waals surface area (Å²) in [5.41, 5.74) is 0.175. The van der Waals surface area contributed by atoms with Gasteiger partial charge in [-0.1, -0.05) is 0 Å². The molecule has 0 aliphatic heterocycles. The van der Waals surface area contributed by atoms with Gasteiger partial charge in [-0.3, -0.25) is 0 Å². The fourth-order valence-corrected chi connectivity index (χ4v) is 1.56. The molecule has 1 N–H and O–H groups in total. The lowest BCUT2D eigenvalue weighted by atomic mass is 10.0. The van der Waals surface area contributed by atoms with Crippen molar-refractivity contribution in [3.63, 3.8) is 0 Å². The number of hydrogen-bond acceptors (Lipinski definition) is 1. The molecule has 0 fully saturated rings. The number of hydrogen-bond donors (Lipinski definition) is 1. The highest BCUT2D eigenvalue weighted by Gasteiger charge is 2.28. The molecule has 1 nitrogen and oxygen atoms in total. The van der Waals surface area contributed by atoms with Crippen LogP contribution in [0.25, 0.3) is 0 Å². The monoisotopic (exact) mass is 253 g/mol. The summed E-state index contributed by atoms with van der Waals surface area (Å²) in [6.07, 6.45) is -5.54. The van der Waals surface area contributed by atoms with Crippen LogP contribution in [-0.4, -0.2) is 13.2 Å². The molecule has 0 aliphatic rings. The van der Waals surface area contributed by atoms with E-state index in [1.807, 2.05) is 0 Å². The summed E-state index contributed by atoms with van der Waals surface area (Å²) in [5, 5.41) is 2.61. The molecule has 0 heterocycles. The lowest BCUT2D eigenvalue weighted by molar-refractivity contribution is -0.136. The Bertz CT molecular complexity index is 354. The summed E-state index contributed by atoms with van der Waals surface area (Å²) in [6.45, 7) is 0. The lowest BCUT2D eigenvalue weighted by Crippen LogP contribution is -2.20. The van der Waals surface area contributed by atoms with Gasteiger partial charge < -0.3 is 5.32 Å². The van der Waals surface area contributed by atoms with Gasteiger partial charge in [0.15, 0.2) is 0 Å². The van der Waals surface area contributed by atoms with Crippen molar-refractivity contribution in [2.45, 2.75) is 25.1 Å². The lowest BCUT2D eigenvalue weighted by Gasteiger charge is -2.17. The largest absolute Gasteiger partial charge is 0.389 e. The number of nitrogens with one attached hydrogen (secondary N) is 1. The molecule has 0 saturated carbocycles. The van der Waals surface area contributed by atoms with Gasteiger partial charge in [-0.25, -0.2) is 8.78 Å². The Hall–Kier alpha value is -1.17. The van der Waals surface area contributed by atoms with Crippen molar-refractivity contribution in [3.8, 4) is 0 Å². The fraction of sp³-hybridized carbons (Fsp3) is 0.455. The van der Waals surface area contributed by atoms with Gasteiger partial charge in [0.2, 0.25) is 0 Å². The summed E-state index contributed by atoms with van der Waals surface area (Å²) in [7, 11) is 1.45. The molecule has 0 aliphatic carbocycles. The molecule has 0 amide bonds. The van der Waals surface area contributed by atoms with Crippen LogP contribution < -0.4 is 5.32 Å². The van der Waals surface area contributed by atoms with E-state index in [1.54, 1.807) is 0 Å². The van der Waals surface area contributed by atoms with Crippen LogP contribution in [0.4, 0.5) is 22.0 Å². The van der Waals surface area contributed by atoms with E-state index in [-0.39, 0.29) is 12.0 Å². The Morgan fingerprint density at radius 1 is 1.12 bits per heavy atom. The maximum atomic E-state index is 12.9. The predicted octanol–water partition coefficient (Wildman–Crippen LogP) is 3.57. The topological polar surface area (TPSA) is 12.0 Å². The zero-order chi connectivity index (χ0) is 13.1. The summed E-state index contributed by atoms with van der Waals surface area (Å²) in [6, 6.07) is 2.02. The normalized spacial score (nSPS) is 13.8. The fourth-order valence-electron chi connectivity index (χ4n) is 1.56. The van der Waals surface area contributed by atoms with Crippen LogP contribution in [0.3, 0.4) is 0 Å². The van der Waals surface area contributed by atoms with Gasteiger partial charge in [-0.15, -0.1) is 0 Å². The van der Waals surface area contributed by atoms with E-state index in [9.17, 15) is 22.0 Å². The molecule has 1 rings (SSSR count). The van der Waals surface area contributed by atoms with Crippen LogP contribution in [0.2, 0.25) is 0 Å². The quantitative estimate of drug-likeness (QED) is 0.809. The van der Waals surface area contributed by atoms with E-state index in [2.05, 4.69) is 5.32 Å². The molecule has 1 unspecified atom stereocenters. The first-order chi connectivity index (χ1) is 7.81. The molecule has 0 spiro atoms. The van der Waals surface area contributed by atoms with Gasteiger partial charge in [0.1, 0.15) is 11.6 Å². The molecule has 96 valence electrons. The summed E-state index contributed by atoms with van der Waals surface area (Å²) >= 11 is 0. The molecular formula is C11H12F5N. The third-order valence-electron chi connectivity index (χ3n) is 2.35. The number of halogens is 5. The standard InChI is InChI=1S/C11H12F5N/c1-17-10(2-3-11(14,15)16)7-4-8(12)6-9(13)5-7/h4-6,10,17H,2-3H2,1H3. The van der Waals surface area contributed by atoms with Crippen LogP contribution in [-0.2, 0) is 0 Å². The second-order valence-corrected chi connectivity index (χ2v) is 3.70. The maximum Gasteiger partial charge on any atom is 0.389 e. The Labute approximate surface area is 95.6 Å². The molecule has 17 heavy (non-hydrogen) atoms. The molecule has 0 aromatic heterocycles. The second-order valence-electron chi connectivity index (χ2n) is 3.70. The smallest absolute Gasteiger partial charge is 0.313 e. The van der Waals surface area contributed by atoms with E-state index in [4.69, 9.17) is 0 Å². The van der Waals surface area contributed by atoms with Gasteiger partial charge in [-0.05, 0) is 31.2 Å². The zero-order valence-electron chi connectivity index (χ0n) is 9.11. The molecule has 0 saturated heterocycles. The number of benzene rings is 1. The molecule has 0 radical (unpaired) electrons. The van der Waals surface area contributed by atoms with Crippen LogP contribution in [0.15, 0.2) is 18.2 Å². The minimum atomic E-state index is -4.28. The summed E-state index contributed by atoms with van der Waals surface area (Å²) in [4.78, 5) is 0. The average Bonchev–Trinajstić information content (AvgIpc) is 2.15. The van der Waals surface area contributed by atoms with Gasteiger partial charge in [0.25, 0.3) is 0 Å². The van der Waals surface area contributed by atoms with Crippen LogP contribution in [0.1, 0.15) is 24.4 Å². The molecule has 1 atom stereocenters. The van der Waals surface area contributed by atoms with Gasteiger partial charge in [0.05, 0.1) is 0 Å². The summed E-state index contributed by atoms with van der Waals surface area (Å²) in [5.74, 6) is -1.60. The highest BCUT2D eigenvalue weighted by Crippen LogP contribution is 2.28. The van der Waals surface area contributed by atoms with Crippen molar-refractivity contribution < 1.29 is 22.0 Å². The van der Waals surface area contributed by atoms with E-state index in [0.29, 0.717) is 6.07 Å². The number of alkyl halides is 3. The van der Waals surface area contributed by atoms with Crippen LogP contribution in [0.5, 0.6) is 0 Å². The third-order valence-corrected chi connectivity index (χ3v) is 2.35. The van der Waals surface area contributed by atoms with E-state index in [0.717, 1.165) is 12.1 Å². The Kier molecular flexibility index (Phi) is 4.45. The van der Waals surface area contributed by atoms with Crippen molar-refractivity contribution in [2.75, 3.05) is 7.05 Å². The first kappa shape index (κ1) is 13.9. The predicted molar refractivity (Wildman–Crippen MR) is 53.4 cm³/mol. The maximum absolute atomic E-state index is 12.9. The molecule has 1 aromatic carbocycles. The van der Waals surface area contributed by atoms with E-state index in [1.165, 1.54) is 7.05 Å². The minimum Gasteiger partial charge on any atom is -0.313 e. The Morgan fingerprint density at radius 3 is 2.06 bits per heavy atom. The first-order valence-electron chi connectivity index (χ1n) is 5.02. The number of rotatable bonds is 4. The minimum absolute atomic E-state index is 0.175. The van der Waals surface area contributed by atoms with Crippen LogP contribution >= 0.6 is 0 Å². The van der Waals surface area contributed by atoms with Crippen molar-refractivity contribution in [1.82, 2.24) is 5.32 Å². The second kappa shape index (κ2) is 5.44. The highest BCUT2D eigenvalue weighted by molar-refractivity contribution is 5.21. The molecule has 1 aromatic rings. The zero-order valence-corrected chi connectivity index (χ0v) is 9.11. The third kappa shape index (κ3) is 4.68. The van der Waals surface area contributed by atoms with Crippen molar-refractivity contribution in [3.05, 3.63) is 35.4 Å². The SMILES string of the molecule is CNC(CCC(F)(F)F)c1cc(F)cc(F)c1. The summed E-state index contributed by atoms with van der Waals surface area (Å²) < 4.78 is 62.0. The highest BCUT2D eigenvalue weighted by atomic mass is 19.4. The van der Waals surface area contributed by atoms with Crippen molar-refractivity contribution in [2.24, 2.45) is 0 Å². The van der Waals surface area contributed by atoms with Crippen molar-refractivity contribution >= 4 is 0 Å². The van der Waals surface area contributed by atoms with Crippen molar-refractivity contribution in [1.29, 1.82) is 0 Å². The van der Waals surface area contributed by atoms with E-state index >= 15 is 0 Å².